The lowest BCUT2D eigenvalue weighted by Gasteiger charge is -2.13. The van der Waals surface area contributed by atoms with Crippen LogP contribution in [0.5, 0.6) is 5.75 Å². The van der Waals surface area contributed by atoms with Crippen LogP contribution in [-0.4, -0.2) is 25.1 Å². The molecule has 6 heteroatoms. The molecule has 1 heterocycles. The van der Waals surface area contributed by atoms with E-state index in [0.29, 0.717) is 12.1 Å². The highest BCUT2D eigenvalue weighted by Crippen LogP contribution is 2.19. The first-order valence-corrected chi connectivity index (χ1v) is 8.17. The quantitative estimate of drug-likeness (QED) is 0.688. The number of hydrogen-bond acceptors (Lipinski definition) is 5. The number of nitrogens with one attached hydrogen (secondary N) is 1. The van der Waals surface area contributed by atoms with Crippen LogP contribution in [0.4, 0.5) is 0 Å². The Balaban J connectivity index is 1.55. The third-order valence-electron chi connectivity index (χ3n) is 3.91. The number of furan rings is 1. The molecule has 0 aliphatic rings. The van der Waals surface area contributed by atoms with Crippen molar-refractivity contribution < 1.29 is 23.5 Å². The Kier molecular flexibility index (Phi) is 5.22. The highest BCUT2D eigenvalue weighted by atomic mass is 16.6. The molecule has 0 saturated carbocycles. The summed E-state index contributed by atoms with van der Waals surface area (Å²) >= 11 is 0. The molecule has 0 fully saturated rings. The molecule has 1 aromatic heterocycles. The minimum absolute atomic E-state index is 0.0704. The molecule has 134 valence electrons. The van der Waals surface area contributed by atoms with Gasteiger partial charge in [0, 0.05) is 11.9 Å². The third kappa shape index (κ3) is 4.03. The van der Waals surface area contributed by atoms with E-state index in [2.05, 4.69) is 5.32 Å². The number of ether oxygens (including phenoxy) is 2. The Hall–Kier alpha value is -3.28. The van der Waals surface area contributed by atoms with Crippen LogP contribution in [0.15, 0.2) is 59.0 Å². The van der Waals surface area contributed by atoms with Crippen molar-refractivity contribution in [3.8, 4) is 5.75 Å². The summed E-state index contributed by atoms with van der Waals surface area (Å²) in [6.07, 6.45) is -0.936. The molecular formula is C20H19NO5. The molecule has 26 heavy (non-hydrogen) atoms. The van der Waals surface area contributed by atoms with E-state index in [1.54, 1.807) is 19.2 Å². The zero-order valence-electron chi connectivity index (χ0n) is 14.5. The Morgan fingerprint density at radius 1 is 1.12 bits per heavy atom. The molecule has 3 aromatic rings. The van der Waals surface area contributed by atoms with Gasteiger partial charge in [-0.15, -0.1) is 0 Å². The molecule has 2 aromatic carbocycles. The molecule has 0 unspecified atom stereocenters. The predicted molar refractivity (Wildman–Crippen MR) is 95.9 cm³/mol. The van der Waals surface area contributed by atoms with Gasteiger partial charge >= 0.3 is 5.97 Å². The SMILES string of the molecule is COc1ccc(CNC(=O)[C@@H](C)OC(=O)c2cc3ccccc3o2)cc1. The molecule has 6 nitrogen and oxygen atoms in total. The molecule has 0 aliphatic heterocycles. The fourth-order valence-electron chi connectivity index (χ4n) is 2.43. The molecule has 1 atom stereocenters. The van der Waals surface area contributed by atoms with Gasteiger partial charge in [0.05, 0.1) is 7.11 Å². The fraction of sp³-hybridized carbons (Fsp3) is 0.200. The van der Waals surface area contributed by atoms with E-state index in [9.17, 15) is 9.59 Å². The average molecular weight is 353 g/mol. The summed E-state index contributed by atoms with van der Waals surface area (Å²) in [6.45, 7) is 1.85. The topological polar surface area (TPSA) is 77.8 Å². The summed E-state index contributed by atoms with van der Waals surface area (Å²) in [4.78, 5) is 24.3. The van der Waals surface area contributed by atoms with Crippen LogP contribution in [0, 0.1) is 0 Å². The van der Waals surface area contributed by atoms with Crippen molar-refractivity contribution >= 4 is 22.8 Å². The Morgan fingerprint density at radius 2 is 1.85 bits per heavy atom. The van der Waals surface area contributed by atoms with E-state index in [-0.39, 0.29) is 11.7 Å². The first-order valence-electron chi connectivity index (χ1n) is 8.17. The van der Waals surface area contributed by atoms with Crippen molar-refractivity contribution in [2.75, 3.05) is 7.11 Å². The molecule has 0 saturated heterocycles. The van der Waals surface area contributed by atoms with Crippen molar-refractivity contribution in [1.29, 1.82) is 0 Å². The Bertz CT molecular complexity index is 880. The van der Waals surface area contributed by atoms with Gasteiger partial charge in [0.15, 0.2) is 6.10 Å². The number of carbonyl (C=O) groups is 2. The summed E-state index contributed by atoms with van der Waals surface area (Å²) in [5.41, 5.74) is 1.51. The zero-order valence-corrected chi connectivity index (χ0v) is 14.5. The second-order valence-electron chi connectivity index (χ2n) is 5.76. The molecule has 0 radical (unpaired) electrons. The van der Waals surface area contributed by atoms with E-state index in [0.717, 1.165) is 16.7 Å². The predicted octanol–water partition coefficient (Wildman–Crippen LogP) is 3.30. The summed E-state index contributed by atoms with van der Waals surface area (Å²) < 4.78 is 15.7. The van der Waals surface area contributed by atoms with E-state index in [1.165, 1.54) is 6.92 Å². The van der Waals surface area contributed by atoms with Crippen molar-refractivity contribution in [3.05, 3.63) is 65.9 Å². The lowest BCUT2D eigenvalue weighted by Crippen LogP contribution is -2.35. The minimum Gasteiger partial charge on any atom is -0.497 e. The van der Waals surface area contributed by atoms with E-state index < -0.39 is 12.1 Å². The molecule has 0 bridgehead atoms. The van der Waals surface area contributed by atoms with Gasteiger partial charge in [-0.1, -0.05) is 30.3 Å². The zero-order chi connectivity index (χ0) is 18.5. The lowest BCUT2D eigenvalue weighted by molar-refractivity contribution is -0.129. The third-order valence-corrected chi connectivity index (χ3v) is 3.91. The molecule has 0 aliphatic carbocycles. The summed E-state index contributed by atoms with van der Waals surface area (Å²) in [7, 11) is 1.59. The number of methoxy groups -OCH3 is 1. The second kappa shape index (κ2) is 7.74. The van der Waals surface area contributed by atoms with E-state index >= 15 is 0 Å². The monoisotopic (exact) mass is 353 g/mol. The normalized spacial score (nSPS) is 11.8. The number of carbonyl (C=O) groups excluding carboxylic acids is 2. The number of fused-ring (bicyclic) bond motifs is 1. The van der Waals surface area contributed by atoms with Gasteiger partial charge in [0.25, 0.3) is 5.91 Å². The first-order chi connectivity index (χ1) is 12.6. The maximum atomic E-state index is 12.2. The van der Waals surface area contributed by atoms with Crippen LogP contribution in [0.3, 0.4) is 0 Å². The highest BCUT2D eigenvalue weighted by molar-refractivity contribution is 5.94. The van der Waals surface area contributed by atoms with Crippen LogP contribution < -0.4 is 10.1 Å². The molecule has 1 amide bonds. The number of benzene rings is 2. The standard InChI is InChI=1S/C20H19NO5/c1-13(19(22)21-12-14-7-9-16(24-2)10-8-14)25-20(23)18-11-15-5-3-4-6-17(15)26-18/h3-11,13H,12H2,1-2H3,(H,21,22)/t13-/m1/s1. The van der Waals surface area contributed by atoms with Gasteiger partial charge < -0.3 is 19.2 Å². The van der Waals surface area contributed by atoms with Gasteiger partial charge in [0.1, 0.15) is 11.3 Å². The summed E-state index contributed by atoms with van der Waals surface area (Å²) in [6, 6.07) is 16.2. The van der Waals surface area contributed by atoms with Gasteiger partial charge in [-0.25, -0.2) is 4.79 Å². The highest BCUT2D eigenvalue weighted by Gasteiger charge is 2.21. The number of para-hydroxylation sites is 1. The maximum Gasteiger partial charge on any atom is 0.375 e. The van der Waals surface area contributed by atoms with Gasteiger partial charge in [0.2, 0.25) is 5.76 Å². The second-order valence-corrected chi connectivity index (χ2v) is 5.76. The van der Waals surface area contributed by atoms with Crippen molar-refractivity contribution in [1.82, 2.24) is 5.32 Å². The van der Waals surface area contributed by atoms with Crippen LogP contribution in [0.1, 0.15) is 23.0 Å². The first kappa shape index (κ1) is 17.5. The van der Waals surface area contributed by atoms with Gasteiger partial charge in [-0.2, -0.15) is 0 Å². The summed E-state index contributed by atoms with van der Waals surface area (Å²) in [5.74, 6) is -0.243. The smallest absolute Gasteiger partial charge is 0.375 e. The molecular weight excluding hydrogens is 334 g/mol. The van der Waals surface area contributed by atoms with Crippen molar-refractivity contribution in [2.45, 2.75) is 19.6 Å². The molecule has 0 spiro atoms. The van der Waals surface area contributed by atoms with Crippen LogP contribution in [0.2, 0.25) is 0 Å². The van der Waals surface area contributed by atoms with Crippen molar-refractivity contribution in [2.24, 2.45) is 0 Å². The summed E-state index contributed by atoms with van der Waals surface area (Å²) in [5, 5.41) is 3.53. The van der Waals surface area contributed by atoms with E-state index in [1.807, 2.05) is 42.5 Å². The Morgan fingerprint density at radius 3 is 2.54 bits per heavy atom. The van der Waals surface area contributed by atoms with Crippen LogP contribution in [0.25, 0.3) is 11.0 Å². The Labute approximate surface area is 150 Å². The largest absolute Gasteiger partial charge is 0.497 e. The molecule has 1 N–H and O–H groups in total. The van der Waals surface area contributed by atoms with Gasteiger partial charge in [-0.05, 0) is 36.8 Å². The van der Waals surface area contributed by atoms with Crippen LogP contribution >= 0.6 is 0 Å². The average Bonchev–Trinajstić information content (AvgIpc) is 3.10. The lowest BCUT2D eigenvalue weighted by atomic mass is 10.2. The number of hydrogen-bond donors (Lipinski definition) is 1. The van der Waals surface area contributed by atoms with Gasteiger partial charge in [-0.3, -0.25) is 4.79 Å². The van der Waals surface area contributed by atoms with Crippen LogP contribution in [-0.2, 0) is 16.1 Å². The minimum atomic E-state index is -0.936. The fourth-order valence-corrected chi connectivity index (χ4v) is 2.43. The number of esters is 1. The maximum absolute atomic E-state index is 12.2. The van der Waals surface area contributed by atoms with E-state index in [4.69, 9.17) is 13.9 Å². The number of amides is 1. The molecule has 3 rings (SSSR count). The number of rotatable bonds is 6. The van der Waals surface area contributed by atoms with Crippen molar-refractivity contribution in [3.63, 3.8) is 0 Å².